The zero-order chi connectivity index (χ0) is 26.7. The number of anilines is 2. The SMILES string of the molecule is COC(=O)Nc1nccc2cc(NCc3ccc(OCC4CCn5cc(C(F)(F)F)nc5C4)nc3)ccc12. The molecule has 0 saturated carbocycles. The van der Waals surface area contributed by atoms with Gasteiger partial charge in [-0.2, -0.15) is 13.2 Å². The zero-order valence-corrected chi connectivity index (χ0v) is 20.5. The molecule has 12 heteroatoms. The van der Waals surface area contributed by atoms with Gasteiger partial charge in [0.25, 0.3) is 0 Å². The number of aromatic nitrogens is 4. The van der Waals surface area contributed by atoms with E-state index in [1.165, 1.54) is 7.11 Å². The van der Waals surface area contributed by atoms with Crippen LogP contribution in [0.3, 0.4) is 0 Å². The minimum Gasteiger partial charge on any atom is -0.477 e. The van der Waals surface area contributed by atoms with Crippen molar-refractivity contribution in [1.29, 1.82) is 0 Å². The molecule has 1 aliphatic rings. The lowest BCUT2D eigenvalue weighted by atomic mass is 9.99. The number of pyridine rings is 2. The van der Waals surface area contributed by atoms with Gasteiger partial charge in [0.2, 0.25) is 5.88 Å². The van der Waals surface area contributed by atoms with Crippen LogP contribution in [-0.2, 0) is 30.4 Å². The number of fused-ring (bicyclic) bond motifs is 2. The summed E-state index contributed by atoms with van der Waals surface area (Å²) >= 11 is 0. The van der Waals surface area contributed by atoms with E-state index in [0.717, 1.165) is 28.2 Å². The van der Waals surface area contributed by atoms with Crippen LogP contribution in [0, 0.1) is 5.92 Å². The number of benzene rings is 1. The largest absolute Gasteiger partial charge is 0.477 e. The molecule has 1 atom stereocenters. The van der Waals surface area contributed by atoms with Crippen LogP contribution >= 0.6 is 0 Å². The number of rotatable bonds is 7. The molecule has 1 aliphatic heterocycles. The third-order valence-electron chi connectivity index (χ3n) is 6.33. The van der Waals surface area contributed by atoms with Crippen molar-refractivity contribution >= 4 is 28.4 Å². The molecular formula is C26H25F3N6O3. The second kappa shape index (κ2) is 10.6. The topological polar surface area (TPSA) is 103 Å². The summed E-state index contributed by atoms with van der Waals surface area (Å²) in [5, 5.41) is 7.64. The van der Waals surface area contributed by atoms with Crippen LogP contribution in [0.2, 0.25) is 0 Å². The molecule has 0 bridgehead atoms. The molecule has 0 fully saturated rings. The number of aryl methyl sites for hydroxylation is 1. The van der Waals surface area contributed by atoms with Gasteiger partial charge >= 0.3 is 12.3 Å². The third-order valence-corrected chi connectivity index (χ3v) is 6.33. The lowest BCUT2D eigenvalue weighted by Crippen LogP contribution is -2.24. The van der Waals surface area contributed by atoms with Crippen LogP contribution in [0.5, 0.6) is 5.88 Å². The van der Waals surface area contributed by atoms with Crippen LogP contribution in [-0.4, -0.2) is 39.3 Å². The molecule has 9 nitrogen and oxygen atoms in total. The smallest absolute Gasteiger partial charge is 0.434 e. The van der Waals surface area contributed by atoms with E-state index < -0.39 is 18.0 Å². The number of hydrogen-bond donors (Lipinski definition) is 2. The number of methoxy groups -OCH3 is 1. The Labute approximate surface area is 216 Å². The van der Waals surface area contributed by atoms with Crippen molar-refractivity contribution < 1.29 is 27.4 Å². The second-order valence-corrected chi connectivity index (χ2v) is 8.97. The molecule has 0 aliphatic carbocycles. The van der Waals surface area contributed by atoms with E-state index in [1.54, 1.807) is 23.0 Å². The first-order chi connectivity index (χ1) is 18.3. The highest BCUT2D eigenvalue weighted by Crippen LogP contribution is 2.31. The monoisotopic (exact) mass is 526 g/mol. The van der Waals surface area contributed by atoms with Gasteiger partial charge in [0, 0.05) is 61.2 Å². The Bertz CT molecular complexity index is 1440. The molecule has 0 radical (unpaired) electrons. The molecule has 38 heavy (non-hydrogen) atoms. The van der Waals surface area contributed by atoms with Gasteiger partial charge in [0.05, 0.1) is 13.7 Å². The van der Waals surface area contributed by atoms with E-state index >= 15 is 0 Å². The van der Waals surface area contributed by atoms with Crippen molar-refractivity contribution in [2.45, 2.75) is 32.1 Å². The molecule has 1 unspecified atom stereocenters. The summed E-state index contributed by atoms with van der Waals surface area (Å²) in [6.45, 7) is 1.38. The number of carbonyl (C=O) groups excluding carboxylic acids is 1. The third kappa shape index (κ3) is 5.79. The first kappa shape index (κ1) is 25.3. The molecule has 1 aromatic carbocycles. The Kier molecular flexibility index (Phi) is 7.03. The minimum absolute atomic E-state index is 0.0700. The van der Waals surface area contributed by atoms with Gasteiger partial charge in [0.1, 0.15) is 11.6 Å². The van der Waals surface area contributed by atoms with Gasteiger partial charge < -0.3 is 19.4 Å². The van der Waals surface area contributed by atoms with Crippen LogP contribution in [0.25, 0.3) is 10.8 Å². The van der Waals surface area contributed by atoms with Crippen molar-refractivity contribution in [1.82, 2.24) is 19.5 Å². The molecule has 4 heterocycles. The van der Waals surface area contributed by atoms with Gasteiger partial charge in [-0.25, -0.2) is 19.7 Å². The summed E-state index contributed by atoms with van der Waals surface area (Å²) in [6, 6.07) is 11.3. The number of nitrogens with one attached hydrogen (secondary N) is 2. The first-order valence-corrected chi connectivity index (χ1v) is 12.0. The molecule has 2 N–H and O–H groups in total. The average molecular weight is 527 g/mol. The zero-order valence-electron chi connectivity index (χ0n) is 20.5. The highest BCUT2D eigenvalue weighted by Gasteiger charge is 2.35. The van der Waals surface area contributed by atoms with Crippen LogP contribution < -0.4 is 15.4 Å². The molecule has 1 amide bonds. The van der Waals surface area contributed by atoms with E-state index in [2.05, 4.69) is 30.3 Å². The number of ether oxygens (including phenoxy) is 2. The highest BCUT2D eigenvalue weighted by molar-refractivity contribution is 5.99. The first-order valence-electron chi connectivity index (χ1n) is 12.0. The Morgan fingerprint density at radius 3 is 2.82 bits per heavy atom. The lowest BCUT2D eigenvalue weighted by Gasteiger charge is -2.23. The maximum atomic E-state index is 12.9. The van der Waals surface area contributed by atoms with E-state index in [0.29, 0.717) is 50.1 Å². The van der Waals surface area contributed by atoms with Gasteiger partial charge in [-0.05, 0) is 41.6 Å². The summed E-state index contributed by atoms with van der Waals surface area (Å²) < 4.78 is 50.8. The number of amides is 1. The fraction of sp³-hybridized carbons (Fsp3) is 0.308. The predicted octanol–water partition coefficient (Wildman–Crippen LogP) is 5.28. The minimum atomic E-state index is -4.44. The van der Waals surface area contributed by atoms with Crippen LogP contribution in [0.1, 0.15) is 23.5 Å². The number of carbonyl (C=O) groups is 1. The van der Waals surface area contributed by atoms with Gasteiger partial charge in [-0.3, -0.25) is 5.32 Å². The molecular weight excluding hydrogens is 501 g/mol. The van der Waals surface area contributed by atoms with E-state index in [-0.39, 0.29) is 5.92 Å². The van der Waals surface area contributed by atoms with Crippen molar-refractivity contribution in [3.63, 3.8) is 0 Å². The fourth-order valence-electron chi connectivity index (χ4n) is 4.31. The summed E-state index contributed by atoms with van der Waals surface area (Å²) in [6.07, 6.45) is 0.531. The van der Waals surface area contributed by atoms with Crippen LogP contribution in [0.15, 0.2) is 55.0 Å². The molecule has 198 valence electrons. The standard InChI is InChI=1S/C26H25F3N6O3/c1-37-25(36)34-24-20-4-3-19(11-18(20)6-8-30-24)31-12-17-2-5-23(32-13-17)38-15-16-7-9-35-14-21(26(27,28)29)33-22(35)10-16/h2-6,8,11,13-14,16,31H,7,9-10,12,15H2,1H3,(H,30,34,36). The summed E-state index contributed by atoms with van der Waals surface area (Å²) in [7, 11) is 1.29. The molecule has 0 saturated heterocycles. The van der Waals surface area contributed by atoms with Gasteiger partial charge in [-0.1, -0.05) is 6.07 Å². The van der Waals surface area contributed by atoms with Crippen molar-refractivity contribution in [2.75, 3.05) is 24.4 Å². The second-order valence-electron chi connectivity index (χ2n) is 8.97. The Balaban J connectivity index is 1.13. The van der Waals surface area contributed by atoms with Crippen molar-refractivity contribution in [3.05, 3.63) is 72.1 Å². The number of imidazole rings is 1. The molecule has 4 aromatic rings. The normalized spacial score (nSPS) is 15.1. The highest BCUT2D eigenvalue weighted by atomic mass is 19.4. The quantitative estimate of drug-likeness (QED) is 0.338. The number of hydrogen-bond acceptors (Lipinski definition) is 7. The summed E-state index contributed by atoms with van der Waals surface area (Å²) in [5.41, 5.74) is 0.984. The summed E-state index contributed by atoms with van der Waals surface area (Å²) in [5.74, 6) is 1.39. The summed E-state index contributed by atoms with van der Waals surface area (Å²) in [4.78, 5) is 23.8. The Hall–Kier alpha value is -4.35. The molecule has 0 spiro atoms. The Morgan fingerprint density at radius 1 is 1.18 bits per heavy atom. The average Bonchev–Trinajstić information content (AvgIpc) is 3.36. The van der Waals surface area contributed by atoms with Gasteiger partial charge in [-0.15, -0.1) is 0 Å². The fourth-order valence-corrected chi connectivity index (χ4v) is 4.31. The Morgan fingerprint density at radius 2 is 2.05 bits per heavy atom. The van der Waals surface area contributed by atoms with E-state index in [9.17, 15) is 18.0 Å². The maximum Gasteiger partial charge on any atom is 0.434 e. The van der Waals surface area contributed by atoms with E-state index in [4.69, 9.17) is 4.74 Å². The number of halogens is 3. The molecule has 3 aromatic heterocycles. The van der Waals surface area contributed by atoms with Gasteiger partial charge in [0.15, 0.2) is 5.69 Å². The maximum absolute atomic E-state index is 12.9. The van der Waals surface area contributed by atoms with Crippen LogP contribution in [0.4, 0.5) is 29.5 Å². The predicted molar refractivity (Wildman–Crippen MR) is 134 cm³/mol. The van der Waals surface area contributed by atoms with Crippen molar-refractivity contribution in [3.8, 4) is 5.88 Å². The lowest BCUT2D eigenvalue weighted by molar-refractivity contribution is -0.141. The number of alkyl halides is 3. The molecule has 5 rings (SSSR count). The van der Waals surface area contributed by atoms with Crippen molar-refractivity contribution in [2.24, 2.45) is 5.92 Å². The number of nitrogens with zero attached hydrogens (tertiary/aromatic N) is 4. The van der Waals surface area contributed by atoms with E-state index in [1.807, 2.05) is 30.3 Å².